The quantitative estimate of drug-likeness (QED) is 0.589. The summed E-state index contributed by atoms with van der Waals surface area (Å²) in [5.41, 5.74) is 0.831. The van der Waals surface area contributed by atoms with E-state index in [2.05, 4.69) is 6.58 Å². The Morgan fingerprint density at radius 3 is 2.28 bits per heavy atom. The zero-order chi connectivity index (χ0) is 13.8. The van der Waals surface area contributed by atoms with Crippen LogP contribution in [0.15, 0.2) is 43.0 Å². The molecule has 0 fully saturated rings. The maximum Gasteiger partial charge on any atom is 0.313 e. The fourth-order valence-corrected chi connectivity index (χ4v) is 1.84. The first-order valence-electron chi connectivity index (χ1n) is 6.24. The van der Waals surface area contributed by atoms with Crippen LogP contribution in [-0.2, 0) is 9.53 Å². The molecule has 0 saturated carbocycles. The van der Waals surface area contributed by atoms with E-state index >= 15 is 0 Å². The van der Waals surface area contributed by atoms with Crippen LogP contribution in [0.2, 0.25) is 0 Å². The summed E-state index contributed by atoms with van der Waals surface area (Å²) in [5, 5.41) is 0. The molecule has 0 aliphatic heterocycles. The Morgan fingerprint density at radius 1 is 1.28 bits per heavy atom. The summed E-state index contributed by atoms with van der Waals surface area (Å²) in [4.78, 5) is 12.1. The van der Waals surface area contributed by atoms with E-state index in [1.807, 2.05) is 58.0 Å². The third-order valence-electron chi connectivity index (χ3n) is 2.98. The molecule has 0 aliphatic rings. The maximum absolute atomic E-state index is 12.1. The Kier molecular flexibility index (Phi) is 4.71. The molecular weight excluding hydrogens is 224 g/mol. The Labute approximate surface area is 110 Å². The first-order chi connectivity index (χ1) is 8.36. The average Bonchev–Trinajstić information content (AvgIpc) is 2.29. The molecule has 0 saturated heterocycles. The van der Waals surface area contributed by atoms with Crippen LogP contribution in [0.1, 0.15) is 39.4 Å². The van der Waals surface area contributed by atoms with Crippen molar-refractivity contribution in [1.29, 1.82) is 0 Å². The second-order valence-electron chi connectivity index (χ2n) is 5.57. The largest absolute Gasteiger partial charge is 0.457 e. The van der Waals surface area contributed by atoms with Gasteiger partial charge in [-0.2, -0.15) is 0 Å². The Bertz CT molecular complexity index is 401. The van der Waals surface area contributed by atoms with Crippen molar-refractivity contribution in [3.8, 4) is 0 Å². The summed E-state index contributed by atoms with van der Waals surface area (Å²) in [7, 11) is 0. The van der Waals surface area contributed by atoms with Crippen molar-refractivity contribution >= 4 is 5.97 Å². The molecule has 1 aromatic carbocycles. The van der Waals surface area contributed by atoms with E-state index in [-0.39, 0.29) is 23.4 Å². The molecule has 18 heavy (non-hydrogen) atoms. The Morgan fingerprint density at radius 2 is 1.83 bits per heavy atom. The summed E-state index contributed by atoms with van der Waals surface area (Å²) in [6, 6.07) is 9.73. The molecule has 2 heteroatoms. The van der Waals surface area contributed by atoms with E-state index in [9.17, 15) is 4.79 Å². The summed E-state index contributed by atoms with van der Waals surface area (Å²) in [5.74, 6) is -0.502. The number of rotatable bonds is 4. The van der Waals surface area contributed by atoms with Crippen molar-refractivity contribution in [2.45, 2.75) is 33.8 Å². The first kappa shape index (κ1) is 14.5. The number of benzene rings is 1. The summed E-state index contributed by atoms with van der Waals surface area (Å²) >= 11 is 0. The normalized spacial score (nSPS) is 14.7. The van der Waals surface area contributed by atoms with Gasteiger partial charge in [-0.25, -0.2) is 0 Å². The highest BCUT2D eigenvalue weighted by Crippen LogP contribution is 2.29. The van der Waals surface area contributed by atoms with Gasteiger partial charge < -0.3 is 4.74 Å². The molecule has 1 aromatic rings. The van der Waals surface area contributed by atoms with Crippen molar-refractivity contribution in [1.82, 2.24) is 0 Å². The van der Waals surface area contributed by atoms with Gasteiger partial charge in [0.2, 0.25) is 0 Å². The van der Waals surface area contributed by atoms with Crippen molar-refractivity contribution in [3.63, 3.8) is 0 Å². The lowest BCUT2D eigenvalue weighted by Crippen LogP contribution is -2.29. The number of ether oxygens (including phenoxy) is 1. The topological polar surface area (TPSA) is 26.3 Å². The second-order valence-corrected chi connectivity index (χ2v) is 5.57. The monoisotopic (exact) mass is 246 g/mol. The molecule has 0 heterocycles. The van der Waals surface area contributed by atoms with Gasteiger partial charge in [0.15, 0.2) is 0 Å². The van der Waals surface area contributed by atoms with Crippen molar-refractivity contribution < 1.29 is 9.53 Å². The highest BCUT2D eigenvalue weighted by molar-refractivity contribution is 5.75. The molecule has 1 rings (SSSR count). The highest BCUT2D eigenvalue weighted by atomic mass is 16.5. The Balaban J connectivity index is 2.73. The van der Waals surface area contributed by atoms with Crippen molar-refractivity contribution in [3.05, 3.63) is 48.6 Å². The summed E-state index contributed by atoms with van der Waals surface area (Å²) < 4.78 is 5.51. The van der Waals surface area contributed by atoms with Gasteiger partial charge in [-0.1, -0.05) is 57.2 Å². The fraction of sp³-hybridized carbons (Fsp3) is 0.438. The predicted octanol–water partition coefficient (Wildman–Crippen LogP) is 4.14. The zero-order valence-corrected chi connectivity index (χ0v) is 11.6. The van der Waals surface area contributed by atoms with Gasteiger partial charge in [0, 0.05) is 0 Å². The molecular formula is C16H22O2. The van der Waals surface area contributed by atoms with Gasteiger partial charge in [-0.15, -0.1) is 6.58 Å². The highest BCUT2D eigenvalue weighted by Gasteiger charge is 2.30. The van der Waals surface area contributed by atoms with Gasteiger partial charge in [-0.05, 0) is 17.9 Å². The van der Waals surface area contributed by atoms with Gasteiger partial charge in [0.25, 0.3) is 0 Å². The average molecular weight is 246 g/mol. The van der Waals surface area contributed by atoms with E-state index in [1.54, 1.807) is 6.08 Å². The third kappa shape index (κ3) is 3.73. The van der Waals surface area contributed by atoms with E-state index in [0.29, 0.717) is 0 Å². The van der Waals surface area contributed by atoms with E-state index in [4.69, 9.17) is 4.74 Å². The number of hydrogen-bond donors (Lipinski definition) is 0. The first-order valence-corrected chi connectivity index (χ1v) is 6.24. The van der Waals surface area contributed by atoms with Crippen LogP contribution in [0.25, 0.3) is 0 Å². The smallest absolute Gasteiger partial charge is 0.313 e. The van der Waals surface area contributed by atoms with Crippen LogP contribution in [0.3, 0.4) is 0 Å². The molecule has 0 N–H and O–H groups in total. The predicted molar refractivity (Wildman–Crippen MR) is 74.1 cm³/mol. The van der Waals surface area contributed by atoms with Gasteiger partial charge in [-0.3, -0.25) is 4.79 Å². The molecule has 2 atom stereocenters. The SMILES string of the molecule is C=CC(C(=O)OC(C)c1ccccc1)C(C)(C)C. The van der Waals surface area contributed by atoms with Gasteiger partial charge in [0.1, 0.15) is 6.10 Å². The number of hydrogen-bond acceptors (Lipinski definition) is 2. The molecule has 2 nitrogen and oxygen atoms in total. The minimum Gasteiger partial charge on any atom is -0.457 e. The van der Waals surface area contributed by atoms with Crippen LogP contribution in [0, 0.1) is 11.3 Å². The molecule has 0 aromatic heterocycles. The summed E-state index contributed by atoms with van der Waals surface area (Å²) in [6.45, 7) is 11.6. The number of esters is 1. The molecule has 0 aliphatic carbocycles. The molecule has 2 unspecified atom stereocenters. The van der Waals surface area contributed by atoms with E-state index < -0.39 is 0 Å². The molecule has 0 amide bonds. The van der Waals surface area contributed by atoms with Crippen LogP contribution in [0.5, 0.6) is 0 Å². The van der Waals surface area contributed by atoms with Crippen LogP contribution in [-0.4, -0.2) is 5.97 Å². The van der Waals surface area contributed by atoms with Crippen LogP contribution < -0.4 is 0 Å². The number of carbonyl (C=O) groups is 1. The molecule has 0 bridgehead atoms. The Hall–Kier alpha value is -1.57. The van der Waals surface area contributed by atoms with Gasteiger partial charge in [0.05, 0.1) is 5.92 Å². The van der Waals surface area contributed by atoms with Crippen molar-refractivity contribution in [2.75, 3.05) is 0 Å². The van der Waals surface area contributed by atoms with E-state index in [1.165, 1.54) is 0 Å². The zero-order valence-electron chi connectivity index (χ0n) is 11.6. The third-order valence-corrected chi connectivity index (χ3v) is 2.98. The minimum atomic E-state index is -0.288. The molecule has 0 radical (unpaired) electrons. The molecule has 0 spiro atoms. The lowest BCUT2D eigenvalue weighted by atomic mass is 9.81. The molecule has 98 valence electrons. The second kappa shape index (κ2) is 5.85. The fourth-order valence-electron chi connectivity index (χ4n) is 1.84. The standard InChI is InChI=1S/C16H22O2/c1-6-14(16(3,4)5)15(17)18-12(2)13-10-8-7-9-11-13/h6-12,14H,1H2,2-5H3. The van der Waals surface area contributed by atoms with Crippen molar-refractivity contribution in [2.24, 2.45) is 11.3 Å². The van der Waals surface area contributed by atoms with E-state index in [0.717, 1.165) is 5.56 Å². The lowest BCUT2D eigenvalue weighted by Gasteiger charge is -2.27. The van der Waals surface area contributed by atoms with Gasteiger partial charge >= 0.3 is 5.97 Å². The minimum absolute atomic E-state index is 0.171. The van der Waals surface area contributed by atoms with Crippen LogP contribution >= 0.6 is 0 Å². The lowest BCUT2D eigenvalue weighted by molar-refractivity contribution is -0.155. The summed E-state index contributed by atoms with van der Waals surface area (Å²) in [6.07, 6.45) is 1.43. The maximum atomic E-state index is 12.1. The number of carbonyl (C=O) groups excluding carboxylic acids is 1. The van der Waals surface area contributed by atoms with Crippen LogP contribution in [0.4, 0.5) is 0 Å².